The van der Waals surface area contributed by atoms with Crippen molar-refractivity contribution in [3.05, 3.63) is 89.5 Å². The zero-order valence-electron chi connectivity index (χ0n) is 19.1. The average Bonchev–Trinajstić information content (AvgIpc) is 3.37. The van der Waals surface area contributed by atoms with Gasteiger partial charge in [-0.2, -0.15) is 0 Å². The summed E-state index contributed by atoms with van der Waals surface area (Å²) in [6, 6.07) is 19.2. The highest BCUT2D eigenvalue weighted by molar-refractivity contribution is 6.09. The van der Waals surface area contributed by atoms with Crippen molar-refractivity contribution < 1.29 is 19.1 Å². The summed E-state index contributed by atoms with van der Waals surface area (Å²) in [6.07, 6.45) is 7.94. The molecule has 3 aromatic rings. The molecule has 34 heavy (non-hydrogen) atoms. The lowest BCUT2D eigenvalue weighted by Crippen LogP contribution is -2.13. The smallest absolute Gasteiger partial charge is 0.255 e. The molecule has 6 heteroatoms. The number of para-hydroxylation sites is 2. The first-order valence-corrected chi connectivity index (χ1v) is 11.4. The van der Waals surface area contributed by atoms with Gasteiger partial charge in [0.15, 0.2) is 17.3 Å². The maximum atomic E-state index is 12.7. The highest BCUT2D eigenvalue weighted by Crippen LogP contribution is 2.32. The molecule has 0 unspecified atom stereocenters. The molecule has 0 aliphatic heterocycles. The van der Waals surface area contributed by atoms with E-state index in [1.54, 1.807) is 61.7 Å². The van der Waals surface area contributed by atoms with Gasteiger partial charge in [0.05, 0.1) is 24.6 Å². The van der Waals surface area contributed by atoms with Gasteiger partial charge in [-0.3, -0.25) is 9.59 Å². The highest BCUT2D eigenvalue weighted by Gasteiger charge is 2.18. The van der Waals surface area contributed by atoms with Crippen molar-refractivity contribution in [2.75, 3.05) is 18.2 Å². The van der Waals surface area contributed by atoms with Crippen molar-refractivity contribution in [1.82, 2.24) is 0 Å². The molecule has 4 rings (SSSR count). The van der Waals surface area contributed by atoms with Crippen molar-refractivity contribution >= 4 is 29.1 Å². The van der Waals surface area contributed by atoms with Crippen molar-refractivity contribution in [2.45, 2.75) is 31.8 Å². The van der Waals surface area contributed by atoms with Crippen molar-refractivity contribution in [2.24, 2.45) is 0 Å². The lowest BCUT2D eigenvalue weighted by atomic mass is 10.1. The molecule has 0 aromatic heterocycles. The number of amides is 1. The number of ether oxygens (including phenoxy) is 2. The second-order valence-corrected chi connectivity index (χ2v) is 8.25. The molecule has 1 amide bonds. The van der Waals surface area contributed by atoms with Gasteiger partial charge in [0, 0.05) is 11.1 Å². The molecule has 0 heterocycles. The molecule has 0 bridgehead atoms. The van der Waals surface area contributed by atoms with Crippen LogP contribution in [0.1, 0.15) is 52.0 Å². The van der Waals surface area contributed by atoms with Crippen LogP contribution in [0.25, 0.3) is 6.08 Å². The minimum atomic E-state index is -0.291. The third-order valence-electron chi connectivity index (χ3n) is 5.85. The summed E-state index contributed by atoms with van der Waals surface area (Å²) in [6.45, 7) is 0. The number of allylic oxidation sites excluding steroid dienone is 1. The van der Waals surface area contributed by atoms with E-state index < -0.39 is 0 Å². The van der Waals surface area contributed by atoms with Crippen molar-refractivity contribution in [3.63, 3.8) is 0 Å². The number of carbonyl (C=O) groups is 2. The Bertz CT molecular complexity index is 1200. The molecule has 1 aliphatic rings. The minimum Gasteiger partial charge on any atom is -0.493 e. The molecule has 3 N–H and O–H groups in total. The highest BCUT2D eigenvalue weighted by atomic mass is 16.5. The third kappa shape index (κ3) is 5.64. The molecular weight excluding hydrogens is 428 g/mol. The predicted octanol–water partition coefficient (Wildman–Crippen LogP) is 5.75. The molecule has 0 atom stereocenters. The van der Waals surface area contributed by atoms with E-state index in [2.05, 4.69) is 5.32 Å². The van der Waals surface area contributed by atoms with Crippen LogP contribution in [0.3, 0.4) is 0 Å². The van der Waals surface area contributed by atoms with Crippen LogP contribution in [-0.2, 0) is 0 Å². The predicted molar refractivity (Wildman–Crippen MR) is 134 cm³/mol. The van der Waals surface area contributed by atoms with E-state index in [4.69, 9.17) is 15.2 Å². The van der Waals surface area contributed by atoms with Crippen LogP contribution >= 0.6 is 0 Å². The van der Waals surface area contributed by atoms with Gasteiger partial charge < -0.3 is 20.5 Å². The third-order valence-corrected chi connectivity index (χ3v) is 5.85. The van der Waals surface area contributed by atoms with E-state index in [-0.39, 0.29) is 17.8 Å². The first-order chi connectivity index (χ1) is 16.5. The molecule has 1 fully saturated rings. The van der Waals surface area contributed by atoms with Crippen LogP contribution in [0.5, 0.6) is 11.5 Å². The van der Waals surface area contributed by atoms with Crippen molar-refractivity contribution in [1.29, 1.82) is 0 Å². The van der Waals surface area contributed by atoms with Crippen molar-refractivity contribution in [3.8, 4) is 11.5 Å². The molecule has 0 saturated heterocycles. The summed E-state index contributed by atoms with van der Waals surface area (Å²) >= 11 is 0. The van der Waals surface area contributed by atoms with E-state index >= 15 is 0 Å². The summed E-state index contributed by atoms with van der Waals surface area (Å²) in [7, 11) is 1.62. The molecule has 0 radical (unpaired) electrons. The summed E-state index contributed by atoms with van der Waals surface area (Å²) in [5, 5.41) is 2.78. The zero-order chi connectivity index (χ0) is 23.9. The van der Waals surface area contributed by atoms with Gasteiger partial charge in [0.25, 0.3) is 5.91 Å². The Morgan fingerprint density at radius 1 is 0.941 bits per heavy atom. The van der Waals surface area contributed by atoms with Crippen LogP contribution in [0, 0.1) is 0 Å². The monoisotopic (exact) mass is 456 g/mol. The molecule has 1 aliphatic carbocycles. The minimum absolute atomic E-state index is 0.159. The lowest BCUT2D eigenvalue weighted by Gasteiger charge is -2.16. The second kappa shape index (κ2) is 10.7. The molecule has 6 nitrogen and oxygen atoms in total. The molecule has 1 saturated carbocycles. The Morgan fingerprint density at radius 3 is 2.35 bits per heavy atom. The number of hydrogen-bond acceptors (Lipinski definition) is 5. The van der Waals surface area contributed by atoms with Crippen LogP contribution in [0.4, 0.5) is 11.4 Å². The molecule has 0 spiro atoms. The van der Waals surface area contributed by atoms with Gasteiger partial charge in [-0.25, -0.2) is 0 Å². The van der Waals surface area contributed by atoms with E-state index in [9.17, 15) is 9.59 Å². The number of nitrogens with two attached hydrogens (primary N) is 1. The van der Waals surface area contributed by atoms with E-state index in [1.807, 2.05) is 18.2 Å². The van der Waals surface area contributed by atoms with Gasteiger partial charge in [0.2, 0.25) is 0 Å². The lowest BCUT2D eigenvalue weighted by molar-refractivity contribution is 0.102. The number of ketones is 1. The Kier molecular flexibility index (Phi) is 7.28. The number of nitrogens with one attached hydrogen (secondary N) is 1. The Hall–Kier alpha value is -4.06. The van der Waals surface area contributed by atoms with Crippen LogP contribution in [0.2, 0.25) is 0 Å². The normalized spacial score (nSPS) is 13.7. The quantitative estimate of drug-likeness (QED) is 0.256. The summed E-state index contributed by atoms with van der Waals surface area (Å²) < 4.78 is 11.5. The fourth-order valence-corrected chi connectivity index (χ4v) is 3.93. The Labute approximate surface area is 199 Å². The summed E-state index contributed by atoms with van der Waals surface area (Å²) in [5.74, 6) is 0.925. The van der Waals surface area contributed by atoms with E-state index in [0.717, 1.165) is 18.4 Å². The van der Waals surface area contributed by atoms with Gasteiger partial charge >= 0.3 is 0 Å². The molecule has 3 aromatic carbocycles. The summed E-state index contributed by atoms with van der Waals surface area (Å²) in [4.78, 5) is 25.1. The Morgan fingerprint density at radius 2 is 1.65 bits per heavy atom. The van der Waals surface area contributed by atoms with Crippen LogP contribution in [0.15, 0.2) is 72.8 Å². The maximum absolute atomic E-state index is 12.7. The first kappa shape index (κ1) is 23.1. The second-order valence-electron chi connectivity index (χ2n) is 8.25. The Balaban J connectivity index is 1.41. The van der Waals surface area contributed by atoms with Gasteiger partial charge in [-0.15, -0.1) is 0 Å². The topological polar surface area (TPSA) is 90.7 Å². The van der Waals surface area contributed by atoms with Gasteiger partial charge in [-0.1, -0.05) is 36.4 Å². The molecular formula is C28H28N2O4. The number of hydrogen-bond donors (Lipinski definition) is 2. The SMILES string of the molecule is COc1ccc(C=CC(=O)c2ccc(C(=O)Nc3ccccc3N)cc2)cc1OC1CCCC1. The number of nitrogen functional groups attached to an aromatic ring is 1. The van der Waals surface area contributed by atoms with E-state index in [0.29, 0.717) is 34.0 Å². The van der Waals surface area contributed by atoms with Crippen LogP contribution in [-0.4, -0.2) is 24.9 Å². The number of benzene rings is 3. The van der Waals surface area contributed by atoms with Gasteiger partial charge in [-0.05, 0) is 73.7 Å². The summed E-state index contributed by atoms with van der Waals surface area (Å²) in [5.41, 5.74) is 8.69. The fourth-order valence-electron chi connectivity index (χ4n) is 3.93. The standard InChI is InChI=1S/C28H28N2O4/c1-33-26-17-11-19(18-27(26)34-22-6-2-3-7-22)10-16-25(31)20-12-14-21(15-13-20)28(32)30-24-9-5-4-8-23(24)29/h4-5,8-18,22H,2-3,6-7,29H2,1H3,(H,30,32). The number of methoxy groups -OCH3 is 1. The maximum Gasteiger partial charge on any atom is 0.255 e. The van der Waals surface area contributed by atoms with E-state index in [1.165, 1.54) is 18.9 Å². The average molecular weight is 457 g/mol. The zero-order valence-corrected chi connectivity index (χ0v) is 19.1. The van der Waals surface area contributed by atoms with Gasteiger partial charge in [0.1, 0.15) is 0 Å². The molecule has 174 valence electrons. The number of rotatable bonds is 8. The largest absolute Gasteiger partial charge is 0.493 e. The number of anilines is 2. The van der Waals surface area contributed by atoms with Crippen LogP contribution < -0.4 is 20.5 Å². The first-order valence-electron chi connectivity index (χ1n) is 11.4. The number of carbonyl (C=O) groups excluding carboxylic acids is 2. The fraction of sp³-hybridized carbons (Fsp3) is 0.214.